The molecule has 0 aliphatic rings. The number of aryl methyl sites for hydroxylation is 4. The first-order valence-electron chi connectivity index (χ1n) is 31.1. The Balaban J connectivity index is 1.98. The topological polar surface area (TPSA) is 24.7 Å². The van der Waals surface area contributed by atoms with E-state index >= 15 is 0 Å². The summed E-state index contributed by atoms with van der Waals surface area (Å²) in [4.78, 5) is 11.2. The summed E-state index contributed by atoms with van der Waals surface area (Å²) in [6.07, 6.45) is 64.9. The van der Waals surface area contributed by atoms with Crippen molar-refractivity contribution in [1.29, 1.82) is 0 Å². The summed E-state index contributed by atoms with van der Waals surface area (Å²) in [7, 11) is 0. The third-order valence-electron chi connectivity index (χ3n) is 14.7. The molecule has 0 aromatic heterocycles. The van der Waals surface area contributed by atoms with Crippen molar-refractivity contribution in [3.8, 4) is 0 Å². The molecule has 0 aliphatic heterocycles. The Morgan fingerprint density at radius 2 is 0.580 bits per heavy atom. The van der Waals surface area contributed by atoms with Gasteiger partial charge in [0.2, 0.25) is 0 Å². The largest absolute Gasteiger partial charge is 0.251 e. The third-order valence-corrected chi connectivity index (χ3v) is 14.7. The van der Waals surface area contributed by atoms with Crippen LogP contribution in [0.25, 0.3) is 0 Å². The molecule has 394 valence electrons. The lowest BCUT2D eigenvalue weighted by Crippen LogP contribution is -2.12. The first kappa shape index (κ1) is 62.6. The average molecular weight is 950 g/mol. The van der Waals surface area contributed by atoms with Crippen LogP contribution in [-0.2, 0) is 25.7 Å². The molecule has 0 bridgehead atoms. The predicted octanol–water partition coefficient (Wildman–Crippen LogP) is 23.4. The number of nitrogens with zero attached hydrogens (tertiary/aromatic N) is 2. The van der Waals surface area contributed by atoms with E-state index in [1.54, 1.807) is 0 Å². The van der Waals surface area contributed by atoms with Gasteiger partial charge in [-0.25, -0.2) is 4.99 Å². The van der Waals surface area contributed by atoms with Gasteiger partial charge in [-0.2, -0.15) is 0 Å². The van der Waals surface area contributed by atoms with Gasteiger partial charge in [-0.05, 0) is 130 Å². The van der Waals surface area contributed by atoms with Crippen LogP contribution >= 0.6 is 0 Å². The van der Waals surface area contributed by atoms with Crippen molar-refractivity contribution in [2.24, 2.45) is 9.98 Å². The van der Waals surface area contributed by atoms with E-state index in [0.29, 0.717) is 0 Å². The SMILES string of the molecule is CCCCCCCCCCCCCCCCCCCCCCCCCCC/C=C/C(=Nc1cc(CCCC)cc(CCCC)c1)C(CCCCCCCC)=Nc1cc(CCCC)cc(CCCC)c1. The molecule has 0 fully saturated rings. The van der Waals surface area contributed by atoms with Crippen LogP contribution in [0.3, 0.4) is 0 Å². The smallest absolute Gasteiger partial charge is 0.0848 e. The fourth-order valence-corrected chi connectivity index (χ4v) is 10.1. The van der Waals surface area contributed by atoms with E-state index < -0.39 is 0 Å². The molecule has 2 heteroatoms. The minimum atomic E-state index is 0.983. The molecule has 0 spiro atoms. The Hall–Kier alpha value is -2.48. The molecule has 0 saturated carbocycles. The van der Waals surface area contributed by atoms with Gasteiger partial charge in [0.05, 0.1) is 22.8 Å². The summed E-state index contributed by atoms with van der Waals surface area (Å²) < 4.78 is 0. The van der Waals surface area contributed by atoms with Crippen LogP contribution < -0.4 is 0 Å². The molecule has 0 aliphatic carbocycles. The lowest BCUT2D eigenvalue weighted by Gasteiger charge is -2.12. The normalized spacial score (nSPS) is 12.3. The molecule has 69 heavy (non-hydrogen) atoms. The van der Waals surface area contributed by atoms with Crippen LogP contribution in [-0.4, -0.2) is 11.4 Å². The number of benzene rings is 2. The maximum atomic E-state index is 5.62. The van der Waals surface area contributed by atoms with E-state index in [0.717, 1.165) is 55.6 Å². The second kappa shape index (κ2) is 46.6. The summed E-state index contributed by atoms with van der Waals surface area (Å²) in [5, 5.41) is 0. The highest BCUT2D eigenvalue weighted by atomic mass is 14.8. The number of allylic oxidation sites excluding steroid dienone is 2. The molecular formula is C67H116N2. The number of aliphatic imine (C=N–C) groups is 2. The summed E-state index contributed by atoms with van der Waals surface area (Å²) in [6, 6.07) is 14.5. The summed E-state index contributed by atoms with van der Waals surface area (Å²) >= 11 is 0. The lowest BCUT2D eigenvalue weighted by atomic mass is 10.00. The van der Waals surface area contributed by atoms with Crippen LogP contribution in [0.15, 0.2) is 58.5 Å². The molecule has 0 heterocycles. The maximum Gasteiger partial charge on any atom is 0.0848 e. The van der Waals surface area contributed by atoms with Crippen molar-refractivity contribution in [1.82, 2.24) is 0 Å². The van der Waals surface area contributed by atoms with Crippen molar-refractivity contribution < 1.29 is 0 Å². The highest BCUT2D eigenvalue weighted by Crippen LogP contribution is 2.26. The minimum absolute atomic E-state index is 0.983. The molecule has 0 radical (unpaired) electrons. The molecule has 0 N–H and O–H groups in total. The van der Waals surface area contributed by atoms with Gasteiger partial charge in [0.1, 0.15) is 0 Å². The second-order valence-electron chi connectivity index (χ2n) is 21.7. The molecular weight excluding hydrogens is 833 g/mol. The Morgan fingerprint density at radius 3 is 0.899 bits per heavy atom. The molecule has 0 amide bonds. The van der Waals surface area contributed by atoms with Gasteiger partial charge >= 0.3 is 0 Å². The zero-order valence-electron chi connectivity index (χ0n) is 47.3. The standard InChI is InChI=1S/C67H116N2/c1-7-13-19-21-23-24-25-26-27-28-29-30-31-32-33-34-35-36-37-38-39-40-41-42-43-45-47-53-67(69-65-58-62(50-17-11-5)55-63(59-65)51-18-12-6)66(52-46-44-22-20-14-8-2)68-64-56-60(48-15-9-3)54-61(57-64)49-16-10-4/h47,53-59H,7-46,48-52H2,1-6H3/b53-47+,68-66?,69-67?. The molecule has 2 nitrogen and oxygen atoms in total. The van der Waals surface area contributed by atoms with E-state index in [-0.39, 0.29) is 0 Å². The van der Waals surface area contributed by atoms with Crippen molar-refractivity contribution in [3.05, 3.63) is 70.8 Å². The minimum Gasteiger partial charge on any atom is -0.251 e. The molecule has 2 rings (SSSR count). The van der Waals surface area contributed by atoms with E-state index in [2.05, 4.69) is 90.1 Å². The Kier molecular flexibility index (Phi) is 42.3. The van der Waals surface area contributed by atoms with Gasteiger partial charge in [-0.15, -0.1) is 0 Å². The number of unbranched alkanes of at least 4 members (excludes halogenated alkanes) is 34. The van der Waals surface area contributed by atoms with E-state index in [1.807, 2.05) is 0 Å². The van der Waals surface area contributed by atoms with Crippen LogP contribution in [0.2, 0.25) is 0 Å². The third kappa shape index (κ3) is 35.3. The van der Waals surface area contributed by atoms with Crippen LogP contribution in [0.5, 0.6) is 0 Å². The maximum absolute atomic E-state index is 5.62. The molecule has 2 aromatic carbocycles. The van der Waals surface area contributed by atoms with Gasteiger partial charge < -0.3 is 0 Å². The van der Waals surface area contributed by atoms with Gasteiger partial charge in [-0.1, -0.05) is 272 Å². The van der Waals surface area contributed by atoms with E-state index in [9.17, 15) is 0 Å². The number of hydrogen-bond donors (Lipinski definition) is 0. The van der Waals surface area contributed by atoms with Crippen LogP contribution in [0.1, 0.15) is 327 Å². The van der Waals surface area contributed by atoms with Crippen molar-refractivity contribution in [2.45, 2.75) is 330 Å². The zero-order valence-corrected chi connectivity index (χ0v) is 47.3. The monoisotopic (exact) mass is 949 g/mol. The van der Waals surface area contributed by atoms with E-state index in [4.69, 9.17) is 9.98 Å². The van der Waals surface area contributed by atoms with Crippen molar-refractivity contribution in [3.63, 3.8) is 0 Å². The Morgan fingerprint density at radius 1 is 0.304 bits per heavy atom. The van der Waals surface area contributed by atoms with Gasteiger partial charge in [0, 0.05) is 0 Å². The van der Waals surface area contributed by atoms with Crippen LogP contribution in [0, 0.1) is 0 Å². The van der Waals surface area contributed by atoms with Gasteiger partial charge in [-0.3, -0.25) is 4.99 Å². The quantitative estimate of drug-likeness (QED) is 0.0466. The van der Waals surface area contributed by atoms with Gasteiger partial charge in [0.25, 0.3) is 0 Å². The average Bonchev–Trinajstić information content (AvgIpc) is 3.36. The van der Waals surface area contributed by atoms with E-state index in [1.165, 1.54) is 278 Å². The number of hydrogen-bond acceptors (Lipinski definition) is 2. The fraction of sp³-hybridized carbons (Fsp3) is 0.761. The van der Waals surface area contributed by atoms with Gasteiger partial charge in [0.15, 0.2) is 0 Å². The van der Waals surface area contributed by atoms with Crippen molar-refractivity contribution >= 4 is 22.8 Å². The first-order valence-corrected chi connectivity index (χ1v) is 31.1. The van der Waals surface area contributed by atoms with Crippen LogP contribution in [0.4, 0.5) is 11.4 Å². The zero-order chi connectivity index (χ0) is 49.5. The lowest BCUT2D eigenvalue weighted by molar-refractivity contribution is 0.516. The fourth-order valence-electron chi connectivity index (χ4n) is 10.1. The molecule has 2 aromatic rings. The Labute approximate surface area is 432 Å². The summed E-state index contributed by atoms with van der Waals surface area (Å²) in [5.41, 5.74) is 10.3. The number of rotatable bonds is 49. The molecule has 0 unspecified atom stereocenters. The first-order chi connectivity index (χ1) is 34.1. The highest BCUT2D eigenvalue weighted by molar-refractivity contribution is 6.47. The second-order valence-corrected chi connectivity index (χ2v) is 21.7. The predicted molar refractivity (Wildman–Crippen MR) is 314 cm³/mol. The molecule has 0 saturated heterocycles. The highest BCUT2D eigenvalue weighted by Gasteiger charge is 2.12. The summed E-state index contributed by atoms with van der Waals surface area (Å²) in [5.74, 6) is 0. The summed E-state index contributed by atoms with van der Waals surface area (Å²) in [6.45, 7) is 13.9. The Bertz CT molecular complexity index is 1490. The molecule has 0 atom stereocenters. The van der Waals surface area contributed by atoms with Crippen molar-refractivity contribution in [2.75, 3.05) is 0 Å².